The van der Waals surface area contributed by atoms with Crippen molar-refractivity contribution in [3.63, 3.8) is 0 Å². The monoisotopic (exact) mass is 1860 g/mol. The van der Waals surface area contributed by atoms with Gasteiger partial charge in [-0.3, -0.25) is 58.7 Å². The standard InChI is InChI=1S/C30H30FN3O3.C28H26FN3O3.C26H22FN3O4.C26H22N2O4/c1-3-4-12-33-30(36)23-17-28(34-19-23)29-18-26(11-13-32-29)37-25-8-6-21(7-9-25)15-24(35)16-22-14-20(2)5-10-27(22)31;1-3-30-28(34)21-15-26(32-17-21)27-16-24(10-11-31-27)35-23-7-5-19(6-8-23)13-22(33)14-20-12-18(2)4-9-25(20)29;1-16-2-7-23(27)18(10-16)12-20(31)11-17-3-5-21(6-4-17)34-22-8-9-28-25(14-22)24-13-19(15-29-24)26(32)30-33;1-17-3-2-4-19(11-17)13-21(29)12-18-5-7-22(8-6-18)32-23-9-10-27-25(15-23)24-14-20(16-28-24)26(30)31/h5-11,13-14,17-19,34H,3-4,12,15-16H2,1-2H3,(H,33,36);4-12,15-17,32H,3,13-14H2,1-2H3,(H,30,34);2-10,13-15,29,33H,11-12H2,1H3,(H,30,32);2-11,14-16,28H,12-13H2,1H3,(H,30,31). The Balaban J connectivity index is 0.000000155. The maximum absolute atomic E-state index is 14.0. The van der Waals surface area contributed by atoms with Crippen molar-refractivity contribution in [2.75, 3.05) is 13.1 Å². The Hall–Kier alpha value is -17.0. The number of carboxylic acids is 1. The van der Waals surface area contributed by atoms with Gasteiger partial charge in [-0.1, -0.05) is 145 Å². The molecule has 16 rings (SSSR count). The summed E-state index contributed by atoms with van der Waals surface area (Å²) >= 11 is 0. The van der Waals surface area contributed by atoms with Crippen LogP contribution in [-0.4, -0.2) is 110 Å². The molecule has 28 heteroatoms. The molecule has 0 aliphatic heterocycles. The zero-order valence-electron chi connectivity index (χ0n) is 76.5. The number of hydrogen-bond donors (Lipinski definition) is 9. The van der Waals surface area contributed by atoms with Gasteiger partial charge in [0.1, 0.15) is 86.6 Å². The number of carbonyl (C=O) groups excluding carboxylic acids is 7. The number of benzene rings is 8. The van der Waals surface area contributed by atoms with E-state index >= 15 is 0 Å². The average Bonchev–Trinajstić information content (AvgIpc) is 1.66. The lowest BCUT2D eigenvalue weighted by Gasteiger charge is -2.08. The number of nitrogens with one attached hydrogen (secondary N) is 7. The van der Waals surface area contributed by atoms with Gasteiger partial charge in [-0.2, -0.15) is 0 Å². The number of carboxylic acid groups (broad SMARTS) is 1. The number of aryl methyl sites for hydroxylation is 4. The number of ether oxygens (including phenoxy) is 4. The number of amides is 3. The molecule has 3 amide bonds. The molecule has 25 nitrogen and oxygen atoms in total. The number of Topliss-reactive ketones (excluding diaryl/α,β-unsaturated/α-hetero) is 4. The fourth-order valence-corrected chi connectivity index (χ4v) is 14.6. The van der Waals surface area contributed by atoms with Gasteiger partial charge in [0.2, 0.25) is 0 Å². The van der Waals surface area contributed by atoms with Crippen molar-refractivity contribution in [2.45, 2.75) is 106 Å². The summed E-state index contributed by atoms with van der Waals surface area (Å²) in [5.41, 5.74) is 17.7. The smallest absolute Gasteiger partial charge is 0.337 e. The summed E-state index contributed by atoms with van der Waals surface area (Å²) < 4.78 is 65.6. The molecule has 0 aliphatic carbocycles. The van der Waals surface area contributed by atoms with Gasteiger partial charge in [-0.15, -0.1) is 0 Å². The van der Waals surface area contributed by atoms with E-state index in [9.17, 15) is 51.5 Å². The van der Waals surface area contributed by atoms with Crippen molar-refractivity contribution < 1.29 is 80.8 Å². The topological polar surface area (TPSA) is 365 Å². The summed E-state index contributed by atoms with van der Waals surface area (Å²) in [7, 11) is 0. The number of halogens is 3. The molecule has 138 heavy (non-hydrogen) atoms. The number of pyridine rings is 4. The molecule has 0 spiro atoms. The molecule has 0 fully saturated rings. The van der Waals surface area contributed by atoms with Crippen LogP contribution in [0.5, 0.6) is 46.0 Å². The third kappa shape index (κ3) is 29.2. The summed E-state index contributed by atoms with van der Waals surface area (Å²) in [5, 5.41) is 23.5. The summed E-state index contributed by atoms with van der Waals surface area (Å²) in [5.74, 6) is 1.71. The van der Waals surface area contributed by atoms with Crippen molar-refractivity contribution in [1.29, 1.82) is 0 Å². The number of hydrogen-bond acceptors (Lipinski definition) is 17. The van der Waals surface area contributed by atoms with Gasteiger partial charge in [0.15, 0.2) is 0 Å². The van der Waals surface area contributed by atoms with Crippen LogP contribution in [-0.2, 0) is 70.5 Å². The van der Waals surface area contributed by atoms with E-state index in [4.69, 9.17) is 29.3 Å². The predicted octanol–water partition coefficient (Wildman–Crippen LogP) is 21.6. The molecule has 0 radical (unpaired) electrons. The van der Waals surface area contributed by atoms with E-state index in [0.29, 0.717) is 145 Å². The lowest BCUT2D eigenvalue weighted by Crippen LogP contribution is -2.23. The molecule has 9 N–H and O–H groups in total. The van der Waals surface area contributed by atoms with Crippen LogP contribution >= 0.6 is 0 Å². The third-order valence-corrected chi connectivity index (χ3v) is 21.5. The lowest BCUT2D eigenvalue weighted by atomic mass is 10.0. The van der Waals surface area contributed by atoms with Crippen molar-refractivity contribution >= 4 is 46.8 Å². The zero-order valence-corrected chi connectivity index (χ0v) is 76.5. The molecular formula is C110H100F3N11O14. The number of aromatic carboxylic acids is 1. The molecule has 16 aromatic rings. The van der Waals surface area contributed by atoms with E-state index in [1.807, 2.05) is 107 Å². The van der Waals surface area contributed by atoms with Crippen LogP contribution < -0.4 is 35.1 Å². The number of aromatic amines is 4. The molecule has 8 aromatic heterocycles. The quantitative estimate of drug-likeness (QED) is 0.0100. The first kappa shape index (κ1) is 98.5. The number of hydroxylamine groups is 1. The third-order valence-electron chi connectivity index (χ3n) is 21.5. The van der Waals surface area contributed by atoms with Crippen molar-refractivity contribution in [3.05, 3.63) is 405 Å². The van der Waals surface area contributed by atoms with Gasteiger partial charge in [0.25, 0.3) is 17.7 Å². The number of ketones is 4. The maximum Gasteiger partial charge on any atom is 0.337 e. The van der Waals surface area contributed by atoms with Crippen LogP contribution in [0.2, 0.25) is 0 Å². The first-order chi connectivity index (χ1) is 66.7. The van der Waals surface area contributed by atoms with E-state index in [0.717, 1.165) is 62.9 Å². The number of carbonyl (C=O) groups is 8. The first-order valence-electron chi connectivity index (χ1n) is 44.5. The second-order valence-corrected chi connectivity index (χ2v) is 32.8. The fraction of sp³-hybridized carbons (Fsp3) is 0.164. The molecule has 0 unspecified atom stereocenters. The highest BCUT2D eigenvalue weighted by Gasteiger charge is 2.20. The molecule has 0 saturated carbocycles. The first-order valence-corrected chi connectivity index (χ1v) is 44.5. The molecule has 0 aliphatic rings. The number of aromatic nitrogens is 8. The summed E-state index contributed by atoms with van der Waals surface area (Å²) in [6.45, 7) is 12.8. The number of rotatable bonds is 36. The van der Waals surface area contributed by atoms with E-state index in [1.54, 1.807) is 194 Å². The normalized spacial score (nSPS) is 10.7. The van der Waals surface area contributed by atoms with Gasteiger partial charge in [0.05, 0.1) is 67.8 Å². The summed E-state index contributed by atoms with van der Waals surface area (Å²) in [4.78, 5) is 126. The van der Waals surface area contributed by atoms with Crippen LogP contribution in [0, 0.1) is 45.1 Å². The van der Waals surface area contributed by atoms with Crippen molar-refractivity contribution in [2.24, 2.45) is 0 Å². The zero-order chi connectivity index (χ0) is 97.6. The minimum absolute atomic E-state index is 0.0476. The van der Waals surface area contributed by atoms with Gasteiger partial charge in [-0.25, -0.2) is 23.4 Å². The fourth-order valence-electron chi connectivity index (χ4n) is 14.6. The Morgan fingerprint density at radius 3 is 0.920 bits per heavy atom. The number of nitrogens with zero attached hydrogens (tertiary/aromatic N) is 4. The molecule has 0 atom stereocenters. The number of H-pyrrole nitrogens is 4. The van der Waals surface area contributed by atoms with E-state index in [2.05, 4.69) is 57.4 Å². The molecule has 700 valence electrons. The maximum atomic E-state index is 14.0. The minimum atomic E-state index is -1.00. The second-order valence-electron chi connectivity index (χ2n) is 32.8. The summed E-state index contributed by atoms with van der Waals surface area (Å²) in [6.07, 6.45) is 16.2. The molecule has 8 heterocycles. The van der Waals surface area contributed by atoms with Crippen molar-refractivity contribution in [3.8, 4) is 91.5 Å². The largest absolute Gasteiger partial charge is 0.478 e. The lowest BCUT2D eigenvalue weighted by molar-refractivity contribution is -0.118. The van der Waals surface area contributed by atoms with Crippen LogP contribution in [0.25, 0.3) is 45.6 Å². The highest BCUT2D eigenvalue weighted by molar-refractivity contribution is 5.97. The molecule has 0 saturated heterocycles. The van der Waals surface area contributed by atoms with Gasteiger partial charge < -0.3 is 54.6 Å². The number of unbranched alkanes of at least 4 members (excludes halogenated alkanes) is 1. The van der Waals surface area contributed by atoms with Crippen LogP contribution in [0.15, 0.2) is 298 Å². The SMILES string of the molecule is CCCCNC(=O)c1c[nH]c(-c2cc(Oc3ccc(CC(=O)Cc4cc(C)ccc4F)cc3)ccn2)c1.CCNC(=O)c1c[nH]c(-c2cc(Oc3ccc(CC(=O)Cc4cc(C)ccc4F)cc3)ccn2)c1.Cc1ccc(F)c(CC(=O)Cc2ccc(Oc3ccnc(-c4cc(C(=O)NO)c[nH]4)c3)cc2)c1.Cc1cccc(CC(=O)Cc2ccc(Oc3ccnc(-c4cc(C(=O)O)c[nH]4)c3)cc2)c1. The Labute approximate surface area is 794 Å². The van der Waals surface area contributed by atoms with E-state index in [-0.39, 0.29) is 102 Å². The Morgan fingerprint density at radius 2 is 0.616 bits per heavy atom. The van der Waals surface area contributed by atoms with Crippen LogP contribution in [0.4, 0.5) is 13.2 Å². The van der Waals surface area contributed by atoms with Gasteiger partial charge >= 0.3 is 5.97 Å². The van der Waals surface area contributed by atoms with Crippen molar-refractivity contribution in [1.82, 2.24) is 56.0 Å². The van der Waals surface area contributed by atoms with E-state index in [1.165, 1.54) is 36.7 Å². The second kappa shape index (κ2) is 48.1. The Bertz CT molecular complexity index is 6970. The molecular weight excluding hydrogens is 1760 g/mol. The average molecular weight is 1860 g/mol. The van der Waals surface area contributed by atoms with Crippen LogP contribution in [0.3, 0.4) is 0 Å². The highest BCUT2D eigenvalue weighted by Crippen LogP contribution is 2.33. The Kier molecular flexibility index (Phi) is 34.3. The van der Waals surface area contributed by atoms with E-state index < -0.39 is 11.9 Å². The van der Waals surface area contributed by atoms with Gasteiger partial charge in [0, 0.05) is 138 Å². The van der Waals surface area contributed by atoms with Gasteiger partial charge in [-0.05, 0) is 201 Å². The molecule has 8 aromatic carbocycles. The highest BCUT2D eigenvalue weighted by atomic mass is 19.1. The predicted molar refractivity (Wildman–Crippen MR) is 518 cm³/mol. The molecule has 0 bridgehead atoms. The Morgan fingerprint density at radius 1 is 0.319 bits per heavy atom. The minimum Gasteiger partial charge on any atom is -0.478 e. The van der Waals surface area contributed by atoms with Crippen LogP contribution in [0.1, 0.15) is 135 Å². The summed E-state index contributed by atoms with van der Waals surface area (Å²) in [6, 6.07) is 71.9.